The van der Waals surface area contributed by atoms with Crippen molar-refractivity contribution in [3.63, 3.8) is 0 Å². The molecule has 0 heterocycles. The number of hydrogen-bond donors (Lipinski definition) is 0. The Morgan fingerprint density at radius 1 is 1.35 bits per heavy atom. The third-order valence-corrected chi connectivity index (χ3v) is 2.18. The van der Waals surface area contributed by atoms with Crippen LogP contribution in [0.15, 0.2) is 24.3 Å². The van der Waals surface area contributed by atoms with E-state index in [2.05, 4.69) is 6.92 Å². The highest BCUT2D eigenvalue weighted by Gasteiger charge is 2.06. The lowest BCUT2D eigenvalue weighted by Gasteiger charge is -2.04. The van der Waals surface area contributed by atoms with E-state index in [4.69, 9.17) is 4.74 Å². The Bertz CT molecular complexity index is 386. The molecule has 17 heavy (non-hydrogen) atoms. The summed E-state index contributed by atoms with van der Waals surface area (Å²) in [6.07, 6.45) is 1.77. The van der Waals surface area contributed by atoms with E-state index in [9.17, 15) is 14.9 Å². The molecular formula is C12H14NO4. The number of nitrogens with zero attached hydrogens (tertiary/aromatic N) is 1. The van der Waals surface area contributed by atoms with Crippen molar-refractivity contribution in [1.29, 1.82) is 0 Å². The molecular weight excluding hydrogens is 222 g/mol. The van der Waals surface area contributed by atoms with Crippen molar-refractivity contribution in [2.75, 3.05) is 0 Å². The maximum absolute atomic E-state index is 11.2. The Labute approximate surface area is 99.5 Å². The van der Waals surface area contributed by atoms with Gasteiger partial charge in [0.1, 0.15) is 6.61 Å². The number of esters is 1. The number of ether oxygens (including phenoxy) is 1. The maximum atomic E-state index is 11.2. The van der Waals surface area contributed by atoms with Gasteiger partial charge in [0.05, 0.1) is 4.92 Å². The molecule has 5 nitrogen and oxygen atoms in total. The summed E-state index contributed by atoms with van der Waals surface area (Å²) in [7, 11) is 0. The van der Waals surface area contributed by atoms with Crippen LogP contribution in [-0.4, -0.2) is 10.9 Å². The second kappa shape index (κ2) is 6.62. The molecule has 0 saturated carbocycles. The normalized spacial score (nSPS) is 9.94. The highest BCUT2D eigenvalue weighted by molar-refractivity contribution is 5.69. The fourth-order valence-electron chi connectivity index (χ4n) is 1.22. The van der Waals surface area contributed by atoms with E-state index in [1.165, 1.54) is 12.1 Å². The predicted molar refractivity (Wildman–Crippen MR) is 62.1 cm³/mol. The largest absolute Gasteiger partial charge is 0.461 e. The molecule has 1 aromatic rings. The average Bonchev–Trinajstić information content (AvgIpc) is 2.34. The van der Waals surface area contributed by atoms with E-state index in [0.29, 0.717) is 19.3 Å². The summed E-state index contributed by atoms with van der Waals surface area (Å²) in [4.78, 5) is 21.1. The van der Waals surface area contributed by atoms with Crippen molar-refractivity contribution in [3.05, 3.63) is 46.9 Å². The van der Waals surface area contributed by atoms with Gasteiger partial charge in [0.25, 0.3) is 5.69 Å². The van der Waals surface area contributed by atoms with Gasteiger partial charge in [-0.2, -0.15) is 0 Å². The van der Waals surface area contributed by atoms with Gasteiger partial charge in [-0.3, -0.25) is 14.9 Å². The smallest absolute Gasteiger partial charge is 0.306 e. The van der Waals surface area contributed by atoms with Crippen LogP contribution in [0.3, 0.4) is 0 Å². The van der Waals surface area contributed by atoms with Crippen LogP contribution in [0, 0.1) is 17.0 Å². The van der Waals surface area contributed by atoms with Crippen molar-refractivity contribution in [2.24, 2.45) is 0 Å². The van der Waals surface area contributed by atoms with Crippen LogP contribution in [0.4, 0.5) is 5.69 Å². The minimum absolute atomic E-state index is 0.0251. The monoisotopic (exact) mass is 236 g/mol. The van der Waals surface area contributed by atoms with Crippen molar-refractivity contribution >= 4 is 11.7 Å². The molecule has 0 saturated heterocycles. The summed E-state index contributed by atoms with van der Waals surface area (Å²) in [6.45, 7) is 3.78. The molecule has 0 N–H and O–H groups in total. The molecule has 0 spiro atoms. The molecule has 0 bridgehead atoms. The Hall–Kier alpha value is -1.91. The van der Waals surface area contributed by atoms with Crippen molar-refractivity contribution in [2.45, 2.75) is 25.9 Å². The molecule has 0 atom stereocenters. The maximum Gasteiger partial charge on any atom is 0.306 e. The zero-order valence-electron chi connectivity index (χ0n) is 9.43. The predicted octanol–water partition coefficient (Wildman–Crippen LogP) is 2.64. The van der Waals surface area contributed by atoms with Gasteiger partial charge in [0.2, 0.25) is 0 Å². The summed E-state index contributed by atoms with van der Waals surface area (Å²) in [5, 5.41) is 10.4. The second-order valence-electron chi connectivity index (χ2n) is 3.54. The fourth-order valence-corrected chi connectivity index (χ4v) is 1.22. The Morgan fingerprint density at radius 3 is 2.53 bits per heavy atom. The molecule has 1 radical (unpaired) electrons. The Kier molecular flexibility index (Phi) is 5.13. The van der Waals surface area contributed by atoms with Crippen molar-refractivity contribution in [3.8, 4) is 0 Å². The number of benzene rings is 1. The molecule has 0 fully saturated rings. The quantitative estimate of drug-likeness (QED) is 0.432. The van der Waals surface area contributed by atoms with Crippen LogP contribution >= 0.6 is 0 Å². The SMILES string of the molecule is [CH2]CCCC(=O)OCc1ccc([N+](=O)[O-])cc1. The number of carbonyl (C=O) groups excluding carboxylic acids is 1. The molecule has 5 heteroatoms. The number of unbranched alkanes of at least 4 members (excludes halogenated alkanes) is 1. The summed E-state index contributed by atoms with van der Waals surface area (Å²) >= 11 is 0. The number of nitro groups is 1. The lowest BCUT2D eigenvalue weighted by atomic mass is 10.2. The topological polar surface area (TPSA) is 69.4 Å². The van der Waals surface area contributed by atoms with E-state index in [1.807, 2.05) is 0 Å². The van der Waals surface area contributed by atoms with E-state index >= 15 is 0 Å². The molecule has 0 aliphatic carbocycles. The van der Waals surface area contributed by atoms with E-state index < -0.39 is 4.92 Å². The molecule has 0 aromatic heterocycles. The Morgan fingerprint density at radius 2 is 2.00 bits per heavy atom. The lowest BCUT2D eigenvalue weighted by Crippen LogP contribution is -2.04. The first-order valence-corrected chi connectivity index (χ1v) is 5.31. The van der Waals surface area contributed by atoms with Crippen LogP contribution < -0.4 is 0 Å². The molecule has 91 valence electrons. The molecule has 0 unspecified atom stereocenters. The Balaban J connectivity index is 2.42. The van der Waals surface area contributed by atoms with Gasteiger partial charge < -0.3 is 4.74 Å². The van der Waals surface area contributed by atoms with E-state index in [0.717, 1.165) is 5.56 Å². The standard InChI is InChI=1S/C12H14NO4/c1-2-3-4-12(14)17-9-10-5-7-11(8-6-10)13(15)16/h5-8H,1-4,9H2. The minimum Gasteiger partial charge on any atom is -0.461 e. The first-order valence-electron chi connectivity index (χ1n) is 5.31. The van der Waals surface area contributed by atoms with Crippen LogP contribution in [0.5, 0.6) is 0 Å². The summed E-state index contributed by atoms with van der Waals surface area (Å²) in [5.74, 6) is -0.271. The molecule has 1 aromatic carbocycles. The van der Waals surface area contributed by atoms with Crippen LogP contribution in [-0.2, 0) is 16.1 Å². The van der Waals surface area contributed by atoms with Gasteiger partial charge >= 0.3 is 5.97 Å². The molecule has 1 rings (SSSR count). The number of carbonyl (C=O) groups is 1. The third kappa shape index (κ3) is 4.63. The number of nitro benzene ring substituents is 1. The highest BCUT2D eigenvalue weighted by atomic mass is 16.6. The summed E-state index contributed by atoms with van der Waals surface area (Å²) < 4.78 is 4.99. The summed E-state index contributed by atoms with van der Waals surface area (Å²) in [6, 6.07) is 5.93. The highest BCUT2D eigenvalue weighted by Crippen LogP contribution is 2.12. The van der Waals surface area contributed by atoms with Gasteiger partial charge in [-0.25, -0.2) is 0 Å². The third-order valence-electron chi connectivity index (χ3n) is 2.18. The van der Waals surface area contributed by atoms with Crippen LogP contribution in [0.1, 0.15) is 24.8 Å². The van der Waals surface area contributed by atoms with Crippen molar-refractivity contribution in [1.82, 2.24) is 0 Å². The molecule has 0 amide bonds. The van der Waals surface area contributed by atoms with Crippen molar-refractivity contribution < 1.29 is 14.5 Å². The molecule has 0 aliphatic heterocycles. The van der Waals surface area contributed by atoms with Crippen LogP contribution in [0.2, 0.25) is 0 Å². The van der Waals surface area contributed by atoms with Gasteiger partial charge in [-0.05, 0) is 24.1 Å². The first kappa shape index (κ1) is 13.2. The van der Waals surface area contributed by atoms with Gasteiger partial charge in [-0.1, -0.05) is 13.3 Å². The van der Waals surface area contributed by atoms with Gasteiger partial charge in [-0.15, -0.1) is 0 Å². The lowest BCUT2D eigenvalue weighted by molar-refractivity contribution is -0.384. The second-order valence-corrected chi connectivity index (χ2v) is 3.54. The van der Waals surface area contributed by atoms with Gasteiger partial charge in [0.15, 0.2) is 0 Å². The first-order chi connectivity index (χ1) is 8.13. The zero-order valence-corrected chi connectivity index (χ0v) is 9.43. The van der Waals surface area contributed by atoms with E-state index in [-0.39, 0.29) is 18.3 Å². The fraction of sp³-hybridized carbons (Fsp3) is 0.333. The van der Waals surface area contributed by atoms with Gasteiger partial charge in [0, 0.05) is 18.6 Å². The average molecular weight is 236 g/mol. The number of hydrogen-bond acceptors (Lipinski definition) is 4. The molecule has 0 aliphatic rings. The summed E-state index contributed by atoms with van der Waals surface area (Å²) in [5.41, 5.74) is 0.760. The zero-order chi connectivity index (χ0) is 12.7. The van der Waals surface area contributed by atoms with Crippen LogP contribution in [0.25, 0.3) is 0 Å². The van der Waals surface area contributed by atoms with E-state index in [1.54, 1.807) is 12.1 Å². The minimum atomic E-state index is -0.468. The number of non-ortho nitro benzene ring substituents is 1. The number of rotatable bonds is 6.